The van der Waals surface area contributed by atoms with Crippen LogP contribution in [0.2, 0.25) is 5.02 Å². The molecule has 0 unspecified atom stereocenters. The van der Waals surface area contributed by atoms with Crippen LogP contribution in [0, 0.1) is 27.7 Å². The Kier molecular flexibility index (Phi) is 8.53. The second-order valence-corrected chi connectivity index (χ2v) is 12.7. The topological polar surface area (TPSA) is 85.4 Å². The van der Waals surface area contributed by atoms with Crippen LogP contribution in [0.25, 0.3) is 16.7 Å². The van der Waals surface area contributed by atoms with Gasteiger partial charge in [0.05, 0.1) is 11.5 Å². The molecule has 0 spiro atoms. The van der Waals surface area contributed by atoms with Crippen molar-refractivity contribution in [1.82, 2.24) is 9.71 Å². The van der Waals surface area contributed by atoms with Crippen LogP contribution in [0.3, 0.4) is 0 Å². The summed E-state index contributed by atoms with van der Waals surface area (Å²) in [5.74, 6) is 0.132. The largest absolute Gasteiger partial charge is 0.494 e. The molecule has 42 heavy (non-hydrogen) atoms. The summed E-state index contributed by atoms with van der Waals surface area (Å²) in [7, 11) is -4.04. The molecule has 0 saturated carbocycles. The Morgan fingerprint density at radius 2 is 1.62 bits per heavy atom. The Morgan fingerprint density at radius 1 is 0.929 bits per heavy atom. The van der Waals surface area contributed by atoms with Gasteiger partial charge in [0.25, 0.3) is 15.9 Å². The number of hydrogen-bond acceptors (Lipinski definition) is 5. The number of pyridine rings is 1. The van der Waals surface area contributed by atoms with Crippen molar-refractivity contribution in [3.8, 4) is 16.9 Å². The smallest absolute Gasteiger partial charge is 0.264 e. The minimum absolute atomic E-state index is 0.0419. The Hall–Kier alpha value is -3.94. The number of aryl methyl sites for hydroxylation is 4. The number of allylic oxidation sites excluding steroid dienone is 1. The quantitative estimate of drug-likeness (QED) is 0.204. The molecule has 0 fully saturated rings. The highest BCUT2D eigenvalue weighted by Gasteiger charge is 2.31. The molecule has 8 heteroatoms. The summed E-state index contributed by atoms with van der Waals surface area (Å²) >= 11 is 6.31. The highest BCUT2D eigenvalue weighted by molar-refractivity contribution is 7.90. The molecule has 6 nitrogen and oxygen atoms in total. The molecule has 0 bridgehead atoms. The van der Waals surface area contributed by atoms with E-state index in [1.165, 1.54) is 12.1 Å². The number of fused-ring (bicyclic) bond motifs is 1. The molecule has 1 aliphatic rings. The molecule has 5 rings (SSSR count). The van der Waals surface area contributed by atoms with E-state index in [0.717, 1.165) is 61.0 Å². The van der Waals surface area contributed by atoms with Gasteiger partial charge in [-0.25, -0.2) is 13.1 Å². The minimum atomic E-state index is -4.04. The van der Waals surface area contributed by atoms with Crippen LogP contribution in [0.4, 0.5) is 0 Å². The van der Waals surface area contributed by atoms with E-state index in [9.17, 15) is 13.2 Å². The molecule has 1 N–H and O–H groups in total. The SMILES string of the molecule is Cc1cc(OCCCC2=C(C(=O)NS(=O)(=O)c3ccccc3)Cc3c2cccc3-c2c(C)ccnc2C)cc(C)c1Cl. The first-order chi connectivity index (χ1) is 20.1. The maximum absolute atomic E-state index is 13.7. The number of nitrogens with one attached hydrogen (secondary N) is 1. The highest BCUT2D eigenvalue weighted by Crippen LogP contribution is 2.42. The third-order valence-corrected chi connectivity index (χ3v) is 9.58. The second-order valence-electron chi connectivity index (χ2n) is 10.6. The third kappa shape index (κ3) is 5.98. The summed E-state index contributed by atoms with van der Waals surface area (Å²) < 4.78 is 34.5. The van der Waals surface area contributed by atoms with Crippen LogP contribution >= 0.6 is 11.6 Å². The van der Waals surface area contributed by atoms with Crippen LogP contribution in [-0.2, 0) is 21.2 Å². The molecule has 1 amide bonds. The first-order valence-electron chi connectivity index (χ1n) is 13.9. The van der Waals surface area contributed by atoms with Crippen molar-refractivity contribution >= 4 is 33.1 Å². The Bertz CT molecular complexity index is 1770. The third-order valence-electron chi connectivity index (χ3n) is 7.64. The van der Waals surface area contributed by atoms with Crippen LogP contribution in [0.5, 0.6) is 5.75 Å². The zero-order chi connectivity index (χ0) is 30.0. The zero-order valence-electron chi connectivity index (χ0n) is 24.1. The fraction of sp³-hybridized carbons (Fsp3) is 0.235. The van der Waals surface area contributed by atoms with E-state index in [0.29, 0.717) is 31.4 Å². The molecule has 0 saturated heterocycles. The predicted octanol–water partition coefficient (Wildman–Crippen LogP) is 7.31. The van der Waals surface area contributed by atoms with Gasteiger partial charge >= 0.3 is 0 Å². The molecule has 1 aliphatic carbocycles. The first kappa shape index (κ1) is 29.5. The average molecular weight is 601 g/mol. The lowest BCUT2D eigenvalue weighted by molar-refractivity contribution is -0.115. The molecular formula is C34H33ClN2O4S. The zero-order valence-corrected chi connectivity index (χ0v) is 25.7. The molecule has 216 valence electrons. The highest BCUT2D eigenvalue weighted by atomic mass is 35.5. The van der Waals surface area contributed by atoms with Gasteiger partial charge < -0.3 is 4.74 Å². The Balaban J connectivity index is 1.46. The standard InChI is InChI=1S/C34H33ClN2O4S/c1-21-15-16-36-24(4)32(21)29-13-8-12-27-28(14-9-17-41-25-18-22(2)33(35)23(3)19-25)31(20-30(27)29)34(38)37-42(39,40)26-10-6-5-7-11-26/h5-8,10-13,15-16,18-19H,9,14,17,20H2,1-4H3,(H,37,38). The summed E-state index contributed by atoms with van der Waals surface area (Å²) in [6.45, 7) is 8.34. The maximum atomic E-state index is 13.7. The number of halogens is 1. The van der Waals surface area contributed by atoms with Gasteiger partial charge in [0.1, 0.15) is 5.75 Å². The number of aromatic nitrogens is 1. The number of benzene rings is 3. The van der Waals surface area contributed by atoms with E-state index in [1.807, 2.05) is 64.1 Å². The summed E-state index contributed by atoms with van der Waals surface area (Å²) in [6, 6.07) is 19.8. The van der Waals surface area contributed by atoms with E-state index in [2.05, 4.69) is 9.71 Å². The van der Waals surface area contributed by atoms with Gasteiger partial charge in [0, 0.05) is 34.5 Å². The Labute approximate surface area is 252 Å². The van der Waals surface area contributed by atoms with Crippen LogP contribution in [0.1, 0.15) is 46.4 Å². The van der Waals surface area contributed by atoms with E-state index >= 15 is 0 Å². The van der Waals surface area contributed by atoms with Gasteiger partial charge in [-0.3, -0.25) is 9.78 Å². The number of sulfonamides is 1. The van der Waals surface area contributed by atoms with Crippen molar-refractivity contribution in [2.45, 2.75) is 51.9 Å². The first-order valence-corrected chi connectivity index (χ1v) is 15.7. The normalized spacial score (nSPS) is 12.8. The minimum Gasteiger partial charge on any atom is -0.494 e. The molecule has 0 aliphatic heterocycles. The molecule has 4 aromatic rings. The van der Waals surface area contributed by atoms with E-state index < -0.39 is 15.9 Å². The second kappa shape index (κ2) is 12.1. The predicted molar refractivity (Wildman–Crippen MR) is 167 cm³/mol. The lowest BCUT2D eigenvalue weighted by atomic mass is 9.91. The number of hydrogen-bond donors (Lipinski definition) is 1. The van der Waals surface area contributed by atoms with Gasteiger partial charge in [-0.15, -0.1) is 0 Å². The fourth-order valence-corrected chi connectivity index (χ4v) is 6.72. The number of rotatable bonds is 9. The lowest BCUT2D eigenvalue weighted by Crippen LogP contribution is -2.32. The summed E-state index contributed by atoms with van der Waals surface area (Å²) in [5.41, 5.74) is 9.16. The molecule has 0 atom stereocenters. The van der Waals surface area contributed by atoms with Gasteiger partial charge in [-0.2, -0.15) is 0 Å². The van der Waals surface area contributed by atoms with Gasteiger partial charge in [-0.05, 0) is 110 Å². The monoisotopic (exact) mass is 600 g/mol. The number of ether oxygens (including phenoxy) is 1. The molecule has 3 aromatic carbocycles. The fourth-order valence-electron chi connectivity index (χ4n) is 5.62. The van der Waals surface area contributed by atoms with E-state index in [1.54, 1.807) is 24.4 Å². The molecular weight excluding hydrogens is 568 g/mol. The van der Waals surface area contributed by atoms with Crippen molar-refractivity contribution in [2.24, 2.45) is 0 Å². The summed E-state index contributed by atoms with van der Waals surface area (Å²) in [5, 5.41) is 0.728. The van der Waals surface area contributed by atoms with Gasteiger partial charge in [-0.1, -0.05) is 48.0 Å². The number of carbonyl (C=O) groups excluding carboxylic acids is 1. The Morgan fingerprint density at radius 3 is 2.31 bits per heavy atom. The maximum Gasteiger partial charge on any atom is 0.264 e. The summed E-state index contributed by atoms with van der Waals surface area (Å²) in [4.78, 5) is 18.2. The number of carbonyl (C=O) groups is 1. The summed E-state index contributed by atoms with van der Waals surface area (Å²) in [6.07, 6.45) is 3.28. The number of nitrogens with zero attached hydrogens (tertiary/aromatic N) is 1. The van der Waals surface area contributed by atoms with Crippen LogP contribution in [-0.4, -0.2) is 25.9 Å². The average Bonchev–Trinajstić information content (AvgIpc) is 3.33. The van der Waals surface area contributed by atoms with Crippen LogP contribution < -0.4 is 9.46 Å². The molecule has 1 heterocycles. The molecule has 0 radical (unpaired) electrons. The van der Waals surface area contributed by atoms with Crippen molar-refractivity contribution in [1.29, 1.82) is 0 Å². The number of amides is 1. The van der Waals surface area contributed by atoms with E-state index in [-0.39, 0.29) is 4.90 Å². The molecule has 1 aromatic heterocycles. The van der Waals surface area contributed by atoms with Gasteiger partial charge in [0.15, 0.2) is 0 Å². The van der Waals surface area contributed by atoms with Crippen molar-refractivity contribution in [2.75, 3.05) is 6.61 Å². The van der Waals surface area contributed by atoms with E-state index in [4.69, 9.17) is 16.3 Å². The van der Waals surface area contributed by atoms with Crippen molar-refractivity contribution in [3.05, 3.63) is 117 Å². The van der Waals surface area contributed by atoms with Gasteiger partial charge in [0.2, 0.25) is 0 Å². The van der Waals surface area contributed by atoms with Crippen molar-refractivity contribution < 1.29 is 17.9 Å². The van der Waals surface area contributed by atoms with Crippen molar-refractivity contribution in [3.63, 3.8) is 0 Å². The van der Waals surface area contributed by atoms with Crippen LogP contribution in [0.15, 0.2) is 83.4 Å². The lowest BCUT2D eigenvalue weighted by Gasteiger charge is -2.15.